The Labute approximate surface area is 76.2 Å². The fraction of sp³-hybridized carbons (Fsp3) is 0.300. The van der Waals surface area contributed by atoms with Crippen LogP contribution in [0.5, 0.6) is 0 Å². The number of aryl methyl sites for hydroxylation is 2. The molecule has 1 aromatic carbocycles. The topological polar surface area (TPSA) is 12.9 Å². The summed E-state index contributed by atoms with van der Waals surface area (Å²) in [4.78, 5) is 0. The SMILES string of the molecule is CCc1cc2sncc2cc1C. The van der Waals surface area contributed by atoms with E-state index in [9.17, 15) is 0 Å². The van der Waals surface area contributed by atoms with E-state index in [0.29, 0.717) is 0 Å². The molecule has 2 aromatic rings. The van der Waals surface area contributed by atoms with Crippen LogP contribution in [0.1, 0.15) is 18.1 Å². The highest BCUT2D eigenvalue weighted by Crippen LogP contribution is 2.22. The van der Waals surface area contributed by atoms with Crippen LogP contribution >= 0.6 is 11.5 Å². The highest BCUT2D eigenvalue weighted by atomic mass is 32.1. The van der Waals surface area contributed by atoms with Gasteiger partial charge in [0.05, 0.1) is 4.70 Å². The van der Waals surface area contributed by atoms with Gasteiger partial charge in [-0.05, 0) is 48.1 Å². The van der Waals surface area contributed by atoms with Gasteiger partial charge in [-0.3, -0.25) is 0 Å². The van der Waals surface area contributed by atoms with Crippen molar-refractivity contribution in [3.63, 3.8) is 0 Å². The van der Waals surface area contributed by atoms with E-state index in [1.54, 1.807) is 11.5 Å². The lowest BCUT2D eigenvalue weighted by atomic mass is 10.1. The van der Waals surface area contributed by atoms with Crippen LogP contribution < -0.4 is 0 Å². The normalized spacial score (nSPS) is 10.8. The number of benzene rings is 1. The molecule has 1 aromatic heterocycles. The lowest BCUT2D eigenvalue weighted by Crippen LogP contribution is -1.84. The van der Waals surface area contributed by atoms with Crippen LogP contribution in [0.4, 0.5) is 0 Å². The first-order valence-corrected chi connectivity index (χ1v) is 4.92. The third kappa shape index (κ3) is 1.12. The highest BCUT2D eigenvalue weighted by molar-refractivity contribution is 7.13. The number of hydrogen-bond acceptors (Lipinski definition) is 2. The molecule has 0 amide bonds. The Balaban J connectivity index is 2.73. The lowest BCUT2D eigenvalue weighted by molar-refractivity contribution is 1.12. The molecule has 0 aliphatic heterocycles. The smallest absolute Gasteiger partial charge is 0.0552 e. The zero-order valence-electron chi connectivity index (χ0n) is 7.29. The summed E-state index contributed by atoms with van der Waals surface area (Å²) < 4.78 is 5.46. The Bertz CT molecular complexity index is 403. The molecule has 1 heterocycles. The average molecular weight is 177 g/mol. The number of fused-ring (bicyclic) bond motifs is 1. The van der Waals surface area contributed by atoms with Crippen molar-refractivity contribution < 1.29 is 0 Å². The second-order valence-corrected chi connectivity index (χ2v) is 3.83. The molecular formula is C10H11NS. The van der Waals surface area contributed by atoms with E-state index in [2.05, 4.69) is 30.4 Å². The van der Waals surface area contributed by atoms with Gasteiger partial charge in [0, 0.05) is 11.6 Å². The zero-order valence-corrected chi connectivity index (χ0v) is 8.11. The Hall–Kier alpha value is -0.890. The summed E-state index contributed by atoms with van der Waals surface area (Å²) >= 11 is 1.58. The van der Waals surface area contributed by atoms with Crippen molar-refractivity contribution in [1.29, 1.82) is 0 Å². The van der Waals surface area contributed by atoms with Crippen LogP contribution in [-0.4, -0.2) is 4.37 Å². The Morgan fingerprint density at radius 2 is 2.25 bits per heavy atom. The standard InChI is InChI=1S/C10H11NS/c1-3-8-5-10-9(4-7(8)2)6-11-12-10/h4-6H,3H2,1-2H3. The summed E-state index contributed by atoms with van der Waals surface area (Å²) in [6.07, 6.45) is 3.05. The number of nitrogens with zero attached hydrogens (tertiary/aromatic N) is 1. The molecule has 0 saturated heterocycles. The fourth-order valence-corrected chi connectivity index (χ4v) is 2.15. The van der Waals surface area contributed by atoms with Gasteiger partial charge in [-0.25, -0.2) is 0 Å². The van der Waals surface area contributed by atoms with E-state index in [1.807, 2.05) is 6.20 Å². The molecule has 0 radical (unpaired) electrons. The number of aromatic nitrogens is 1. The van der Waals surface area contributed by atoms with Gasteiger partial charge < -0.3 is 0 Å². The maximum absolute atomic E-state index is 4.16. The van der Waals surface area contributed by atoms with E-state index < -0.39 is 0 Å². The van der Waals surface area contributed by atoms with Crippen molar-refractivity contribution in [2.75, 3.05) is 0 Å². The first kappa shape index (κ1) is 7.74. The van der Waals surface area contributed by atoms with Gasteiger partial charge in [-0.1, -0.05) is 6.92 Å². The highest BCUT2D eigenvalue weighted by Gasteiger charge is 2.00. The van der Waals surface area contributed by atoms with Crippen LogP contribution in [0, 0.1) is 6.92 Å². The van der Waals surface area contributed by atoms with Gasteiger partial charge in [0.15, 0.2) is 0 Å². The van der Waals surface area contributed by atoms with E-state index in [-0.39, 0.29) is 0 Å². The van der Waals surface area contributed by atoms with Gasteiger partial charge >= 0.3 is 0 Å². The lowest BCUT2D eigenvalue weighted by Gasteiger charge is -2.01. The largest absolute Gasteiger partial charge is 0.200 e. The van der Waals surface area contributed by atoms with Gasteiger partial charge in [-0.2, -0.15) is 4.37 Å². The Morgan fingerprint density at radius 3 is 3.00 bits per heavy atom. The molecule has 0 fully saturated rings. The first-order valence-electron chi connectivity index (χ1n) is 4.15. The maximum Gasteiger partial charge on any atom is 0.0552 e. The molecule has 0 aliphatic rings. The molecule has 0 unspecified atom stereocenters. The third-order valence-electron chi connectivity index (χ3n) is 2.19. The Morgan fingerprint density at radius 1 is 1.42 bits per heavy atom. The average Bonchev–Trinajstić information content (AvgIpc) is 2.49. The molecular weight excluding hydrogens is 166 g/mol. The molecule has 2 rings (SSSR count). The minimum atomic E-state index is 1.11. The molecule has 1 nitrogen and oxygen atoms in total. The van der Waals surface area contributed by atoms with Crippen LogP contribution in [-0.2, 0) is 6.42 Å². The molecule has 0 saturated carbocycles. The summed E-state index contributed by atoms with van der Waals surface area (Å²) in [7, 11) is 0. The van der Waals surface area contributed by atoms with Gasteiger partial charge in [0.1, 0.15) is 0 Å². The molecule has 12 heavy (non-hydrogen) atoms. The van der Waals surface area contributed by atoms with Crippen LogP contribution in [0.25, 0.3) is 10.1 Å². The van der Waals surface area contributed by atoms with Crippen molar-refractivity contribution in [2.45, 2.75) is 20.3 Å². The van der Waals surface area contributed by atoms with Gasteiger partial charge in [-0.15, -0.1) is 0 Å². The first-order chi connectivity index (χ1) is 5.81. The van der Waals surface area contributed by atoms with E-state index in [0.717, 1.165) is 6.42 Å². The summed E-state index contributed by atoms with van der Waals surface area (Å²) in [6.45, 7) is 4.35. The summed E-state index contributed by atoms with van der Waals surface area (Å²) in [5.74, 6) is 0. The molecule has 62 valence electrons. The minimum absolute atomic E-state index is 1.11. The van der Waals surface area contributed by atoms with Crippen molar-refractivity contribution in [2.24, 2.45) is 0 Å². The predicted molar refractivity (Wildman–Crippen MR) is 53.7 cm³/mol. The quantitative estimate of drug-likeness (QED) is 0.652. The number of rotatable bonds is 1. The molecule has 0 bridgehead atoms. The van der Waals surface area contributed by atoms with Crippen molar-refractivity contribution in [3.05, 3.63) is 29.5 Å². The third-order valence-corrected chi connectivity index (χ3v) is 2.95. The number of hydrogen-bond donors (Lipinski definition) is 0. The molecule has 0 aliphatic carbocycles. The minimum Gasteiger partial charge on any atom is -0.200 e. The monoisotopic (exact) mass is 177 g/mol. The second-order valence-electron chi connectivity index (χ2n) is 3.00. The van der Waals surface area contributed by atoms with Crippen LogP contribution in [0.3, 0.4) is 0 Å². The summed E-state index contributed by atoms with van der Waals surface area (Å²) in [5.41, 5.74) is 2.82. The zero-order chi connectivity index (χ0) is 8.55. The van der Waals surface area contributed by atoms with Crippen LogP contribution in [0.2, 0.25) is 0 Å². The summed E-state index contributed by atoms with van der Waals surface area (Å²) in [5, 5.41) is 1.27. The maximum atomic E-state index is 4.16. The van der Waals surface area contributed by atoms with Crippen LogP contribution in [0.15, 0.2) is 18.3 Å². The van der Waals surface area contributed by atoms with Crippen molar-refractivity contribution in [1.82, 2.24) is 4.37 Å². The fourth-order valence-electron chi connectivity index (χ4n) is 1.45. The second kappa shape index (κ2) is 2.87. The van der Waals surface area contributed by atoms with E-state index >= 15 is 0 Å². The molecule has 0 spiro atoms. The molecule has 0 atom stereocenters. The van der Waals surface area contributed by atoms with Crippen molar-refractivity contribution >= 4 is 21.6 Å². The predicted octanol–water partition coefficient (Wildman–Crippen LogP) is 3.17. The Kier molecular flexibility index (Phi) is 1.85. The van der Waals surface area contributed by atoms with E-state index in [1.165, 1.54) is 21.2 Å². The van der Waals surface area contributed by atoms with Gasteiger partial charge in [0.25, 0.3) is 0 Å². The molecule has 0 N–H and O–H groups in total. The molecule has 2 heteroatoms. The van der Waals surface area contributed by atoms with Crippen molar-refractivity contribution in [3.8, 4) is 0 Å². The van der Waals surface area contributed by atoms with Gasteiger partial charge in [0.2, 0.25) is 0 Å². The van der Waals surface area contributed by atoms with E-state index in [4.69, 9.17) is 0 Å². The summed E-state index contributed by atoms with van der Waals surface area (Å²) in [6, 6.07) is 4.47.